The Bertz CT molecular complexity index is 3490. The third-order valence-corrected chi connectivity index (χ3v) is 15.5. The Labute approximate surface area is 438 Å². The van der Waals surface area contributed by atoms with Crippen LogP contribution in [0.1, 0.15) is 111 Å². The van der Waals surface area contributed by atoms with E-state index >= 15 is 8.78 Å². The monoisotopic (exact) mass is 1030 g/mol. The second kappa shape index (κ2) is 20.0. The summed E-state index contributed by atoms with van der Waals surface area (Å²) in [7, 11) is 0. The second-order valence-corrected chi connectivity index (χ2v) is 21.4. The topological polar surface area (TPSA) is 172 Å². The number of fused-ring (bicyclic) bond motifs is 6. The molecule has 2 unspecified atom stereocenters. The van der Waals surface area contributed by atoms with Crippen molar-refractivity contribution in [3.8, 4) is 22.3 Å². The van der Waals surface area contributed by atoms with Gasteiger partial charge in [-0.05, 0) is 153 Å². The average molecular weight is 1030 g/mol. The maximum atomic E-state index is 15.5. The first-order valence-electron chi connectivity index (χ1n) is 26.0. The molecule has 2 atom stereocenters. The van der Waals surface area contributed by atoms with Crippen LogP contribution in [0.2, 0.25) is 0 Å². The smallest absolute Gasteiger partial charge is 0.146 e. The van der Waals surface area contributed by atoms with E-state index in [1.807, 2.05) is 76.5 Å². The first-order chi connectivity index (χ1) is 36.5. The van der Waals surface area contributed by atoms with E-state index in [4.69, 9.17) is 28.5 Å². The Morgan fingerprint density at radius 1 is 0.539 bits per heavy atom. The number of benzene rings is 2. The molecule has 0 radical (unpaired) electrons. The van der Waals surface area contributed by atoms with Crippen LogP contribution < -0.4 is 0 Å². The molecular weight excluding hydrogens is 967 g/mol. The van der Waals surface area contributed by atoms with Crippen LogP contribution in [0.25, 0.3) is 66.1 Å². The summed E-state index contributed by atoms with van der Waals surface area (Å²) in [4.78, 5) is 19.0. The molecule has 10 aromatic rings. The predicted octanol–water partition coefficient (Wildman–Crippen LogP) is 12.5. The molecule has 76 heavy (non-hydrogen) atoms. The van der Waals surface area contributed by atoms with Gasteiger partial charge in [-0.2, -0.15) is 0 Å². The van der Waals surface area contributed by atoms with E-state index in [1.54, 1.807) is 52.2 Å². The highest BCUT2D eigenvalue weighted by molar-refractivity contribution is 6.08. The summed E-state index contributed by atoms with van der Waals surface area (Å²) in [5, 5.41) is 31.9. The third-order valence-electron chi connectivity index (χ3n) is 15.5. The first kappa shape index (κ1) is 50.9. The van der Waals surface area contributed by atoms with Crippen LogP contribution in [0.3, 0.4) is 0 Å². The lowest BCUT2D eigenvalue weighted by atomic mass is 9.88. The van der Waals surface area contributed by atoms with Crippen LogP contribution in [0.15, 0.2) is 107 Å². The number of halogens is 2. The van der Waals surface area contributed by atoms with Gasteiger partial charge in [0.25, 0.3) is 0 Å². The summed E-state index contributed by atoms with van der Waals surface area (Å²) in [6, 6.07) is 21.4. The van der Waals surface area contributed by atoms with Crippen molar-refractivity contribution in [2.24, 2.45) is 11.8 Å². The zero-order valence-electron chi connectivity index (χ0n) is 44.1. The molecule has 0 aliphatic carbocycles. The Morgan fingerprint density at radius 2 is 0.934 bits per heavy atom. The number of hydrogen-bond acceptors (Lipinski definition) is 12. The molecule has 392 valence electrons. The number of aryl methyl sites for hydroxylation is 4. The number of aliphatic hydroxyl groups is 2. The molecule has 0 saturated carbocycles. The molecule has 2 saturated heterocycles. The summed E-state index contributed by atoms with van der Waals surface area (Å²) in [5.41, 5.74) is 10.5. The molecule has 2 aliphatic rings. The maximum Gasteiger partial charge on any atom is 0.146 e. The molecule has 2 N–H and O–H groups in total. The minimum absolute atomic E-state index is 0.0977. The van der Waals surface area contributed by atoms with E-state index in [2.05, 4.69) is 41.5 Å². The van der Waals surface area contributed by atoms with Crippen molar-refractivity contribution in [3.63, 3.8) is 0 Å². The Morgan fingerprint density at radius 3 is 1.28 bits per heavy atom. The number of aromatic nitrogens is 8. The lowest BCUT2D eigenvalue weighted by Crippen LogP contribution is -2.28. The van der Waals surface area contributed by atoms with Crippen LogP contribution in [-0.4, -0.2) is 76.0 Å². The number of rotatable bonds is 10. The second-order valence-electron chi connectivity index (χ2n) is 21.4. The van der Waals surface area contributed by atoms with Crippen LogP contribution in [0.4, 0.5) is 8.78 Å². The van der Waals surface area contributed by atoms with Crippen LogP contribution in [-0.2, 0) is 20.7 Å². The summed E-state index contributed by atoms with van der Waals surface area (Å²) in [6.45, 7) is 17.1. The number of hydrogen-bond donors (Lipinski definition) is 2. The van der Waals surface area contributed by atoms with Gasteiger partial charge in [0.05, 0.1) is 79.2 Å². The number of nitrogens with zero attached hydrogens (tertiary/aromatic N) is 8. The molecule has 2 fully saturated rings. The molecule has 14 nitrogen and oxygen atoms in total. The fourth-order valence-corrected chi connectivity index (χ4v) is 11.6. The van der Waals surface area contributed by atoms with E-state index in [1.165, 1.54) is 12.1 Å². The first-order valence-corrected chi connectivity index (χ1v) is 26.0. The van der Waals surface area contributed by atoms with Crippen LogP contribution in [0, 0.1) is 51.2 Å². The lowest BCUT2D eigenvalue weighted by molar-refractivity contribution is 0.0542. The highest BCUT2D eigenvalue weighted by atomic mass is 19.1. The molecule has 2 aromatic carbocycles. The zero-order valence-corrected chi connectivity index (χ0v) is 44.1. The third kappa shape index (κ3) is 9.24. The molecular formula is C60H62F2N8O6. The van der Waals surface area contributed by atoms with E-state index < -0.39 is 11.2 Å². The molecule has 0 bridgehead atoms. The van der Waals surface area contributed by atoms with Crippen molar-refractivity contribution in [3.05, 3.63) is 155 Å². The van der Waals surface area contributed by atoms with Gasteiger partial charge in [0.2, 0.25) is 0 Å². The van der Waals surface area contributed by atoms with E-state index in [9.17, 15) is 10.2 Å². The Balaban J connectivity index is 0.000000162. The van der Waals surface area contributed by atoms with Crippen molar-refractivity contribution in [1.82, 2.24) is 39.4 Å². The minimum atomic E-state index is -1.05. The number of ether oxygens (including phenoxy) is 2. The normalized spacial score (nSPS) is 15.9. The summed E-state index contributed by atoms with van der Waals surface area (Å²) >= 11 is 0. The van der Waals surface area contributed by atoms with Gasteiger partial charge in [-0.25, -0.2) is 8.78 Å². The van der Waals surface area contributed by atoms with Crippen LogP contribution >= 0.6 is 0 Å². The summed E-state index contributed by atoms with van der Waals surface area (Å²) < 4.78 is 57.6. The largest absolute Gasteiger partial charge is 0.386 e. The Hall–Kier alpha value is -7.24. The fraction of sp³-hybridized carbons (Fsp3) is 0.367. The Kier molecular flexibility index (Phi) is 13.4. The van der Waals surface area contributed by atoms with E-state index in [-0.39, 0.29) is 35.6 Å². The highest BCUT2D eigenvalue weighted by Crippen LogP contribution is 2.45. The minimum Gasteiger partial charge on any atom is -0.386 e. The maximum absolute atomic E-state index is 15.5. The predicted molar refractivity (Wildman–Crippen MR) is 287 cm³/mol. The van der Waals surface area contributed by atoms with Gasteiger partial charge in [0, 0.05) is 84.2 Å². The molecule has 12 rings (SSSR count). The van der Waals surface area contributed by atoms with Crippen molar-refractivity contribution in [1.29, 1.82) is 0 Å². The number of pyridine rings is 4. The fourth-order valence-electron chi connectivity index (χ4n) is 11.6. The van der Waals surface area contributed by atoms with Gasteiger partial charge < -0.3 is 37.9 Å². The summed E-state index contributed by atoms with van der Waals surface area (Å²) in [6.07, 6.45) is 10.1. The zero-order chi connectivity index (χ0) is 53.2. The van der Waals surface area contributed by atoms with Crippen molar-refractivity contribution >= 4 is 43.9 Å². The quantitative estimate of drug-likeness (QED) is 0.133. The molecule has 0 spiro atoms. The van der Waals surface area contributed by atoms with Crippen molar-refractivity contribution in [2.45, 2.75) is 104 Å². The standard InChI is InChI=1S/2C30H31FN4O3/c2*1-17-26(18(2)38-34-17)20-14-25-27(33-16-20)22-8-7-21(30(3,4)36)15-24(22)35(25)29(19-9-12-37-13-10-19)28-23(31)6-5-11-32-28/h2*5-8,11,14-16,19,29,36H,9-10,12-13H2,1-4H3. The van der Waals surface area contributed by atoms with Gasteiger partial charge in [0.15, 0.2) is 0 Å². The lowest BCUT2D eigenvalue weighted by Gasteiger charge is -2.32. The van der Waals surface area contributed by atoms with Crippen molar-refractivity contribution in [2.75, 3.05) is 26.4 Å². The average Bonchev–Trinajstić information content (AvgIpc) is 4.14. The van der Waals surface area contributed by atoms with Crippen molar-refractivity contribution < 1.29 is 37.5 Å². The van der Waals surface area contributed by atoms with Gasteiger partial charge in [0.1, 0.15) is 23.2 Å². The van der Waals surface area contributed by atoms with Gasteiger partial charge in [-0.3, -0.25) is 19.9 Å². The molecule has 0 amide bonds. The molecule has 2 aliphatic heterocycles. The van der Waals surface area contributed by atoms with E-state index in [0.717, 1.165) is 114 Å². The van der Waals surface area contributed by atoms with E-state index in [0.29, 0.717) is 49.3 Å². The van der Waals surface area contributed by atoms with Gasteiger partial charge >= 0.3 is 0 Å². The van der Waals surface area contributed by atoms with Gasteiger partial charge in [-0.15, -0.1) is 0 Å². The van der Waals surface area contributed by atoms with Gasteiger partial charge in [-0.1, -0.05) is 34.6 Å². The molecule has 16 heteroatoms. The highest BCUT2D eigenvalue weighted by Gasteiger charge is 2.36. The molecule has 8 aromatic heterocycles. The van der Waals surface area contributed by atoms with Crippen LogP contribution in [0.5, 0.6) is 0 Å². The summed E-state index contributed by atoms with van der Waals surface area (Å²) in [5.74, 6) is 0.945. The SMILES string of the molecule is Cc1noc(C)c1-c1cnc2c3ccc(C(C)(C)O)cc3n(C(c3ncccc3F)C3CCOCC3)c2c1.Cc1noc(C)c1-c1cnc2c3ccc(C(C)(C)O)cc3n(C(c3ncccc3F)C3CCOCC3)c2c1. The molecule has 10 heterocycles.